The van der Waals surface area contributed by atoms with Crippen LogP contribution in [0.15, 0.2) is 0 Å². The third-order valence-corrected chi connectivity index (χ3v) is 5.26. The number of hydrogen-bond acceptors (Lipinski definition) is 5. The number of morpholine rings is 1. The first-order valence-corrected chi connectivity index (χ1v) is 8.38. The van der Waals surface area contributed by atoms with Gasteiger partial charge in [-0.05, 0) is 38.5 Å². The number of rotatable bonds is 5. The molecule has 21 heavy (non-hydrogen) atoms. The molecule has 0 aromatic rings. The molecule has 1 N–H and O–H groups in total. The van der Waals surface area contributed by atoms with Gasteiger partial charge in [0.2, 0.25) is 0 Å². The number of esters is 1. The quantitative estimate of drug-likeness (QED) is 0.775. The maximum absolute atomic E-state index is 12.3. The highest BCUT2D eigenvalue weighted by molar-refractivity contribution is 5.81. The number of hydrogen-bond donors (Lipinski definition) is 1. The lowest BCUT2D eigenvalue weighted by atomic mass is 9.96. The average Bonchev–Trinajstić information content (AvgIpc) is 3.23. The van der Waals surface area contributed by atoms with Crippen molar-refractivity contribution >= 4 is 5.97 Å². The Morgan fingerprint density at radius 1 is 1.43 bits per heavy atom. The minimum absolute atomic E-state index is 0.0720. The van der Waals surface area contributed by atoms with E-state index in [-0.39, 0.29) is 5.97 Å². The van der Waals surface area contributed by atoms with Crippen LogP contribution in [0.3, 0.4) is 0 Å². The van der Waals surface area contributed by atoms with Gasteiger partial charge in [0, 0.05) is 25.2 Å². The summed E-state index contributed by atoms with van der Waals surface area (Å²) in [6, 6.07) is 1.00. The fourth-order valence-electron chi connectivity index (χ4n) is 3.84. The molecule has 0 spiro atoms. The molecule has 0 aromatic carbocycles. The van der Waals surface area contributed by atoms with Crippen molar-refractivity contribution in [2.75, 3.05) is 26.8 Å². The minimum Gasteiger partial charge on any atom is -0.468 e. The zero-order valence-corrected chi connectivity index (χ0v) is 13.3. The Labute approximate surface area is 127 Å². The van der Waals surface area contributed by atoms with Gasteiger partial charge in [0.25, 0.3) is 0 Å². The third-order valence-electron chi connectivity index (χ3n) is 5.26. The summed E-state index contributed by atoms with van der Waals surface area (Å²) in [6.07, 6.45) is 6.65. The molecule has 3 rings (SSSR count). The molecule has 5 heteroatoms. The van der Waals surface area contributed by atoms with Gasteiger partial charge in [0.05, 0.1) is 19.8 Å². The Bertz CT molecular complexity index is 386. The molecule has 3 unspecified atom stereocenters. The monoisotopic (exact) mass is 296 g/mol. The molecular formula is C16H28N2O3. The van der Waals surface area contributed by atoms with Crippen LogP contribution in [0.25, 0.3) is 0 Å². The molecule has 0 radical (unpaired) electrons. The zero-order valence-electron chi connectivity index (χ0n) is 13.3. The molecule has 5 nitrogen and oxygen atoms in total. The molecule has 3 aliphatic rings. The van der Waals surface area contributed by atoms with Crippen LogP contribution in [0.1, 0.15) is 45.4 Å². The van der Waals surface area contributed by atoms with Crippen molar-refractivity contribution in [1.82, 2.24) is 10.2 Å². The first-order valence-electron chi connectivity index (χ1n) is 8.38. The van der Waals surface area contributed by atoms with E-state index in [1.807, 2.05) is 0 Å². The standard InChI is InChI=1S/C16H28N2O3/c1-3-14-11-18(8-9-21-14)13-6-7-16(10-13,15(19)20-2)17-12-4-5-12/h12-14,17H,3-11H2,1-2H3. The predicted molar refractivity (Wildman–Crippen MR) is 80.1 cm³/mol. The molecule has 2 saturated carbocycles. The average molecular weight is 296 g/mol. The van der Waals surface area contributed by atoms with Gasteiger partial charge in [-0.2, -0.15) is 0 Å². The number of carbonyl (C=O) groups excluding carboxylic acids is 1. The van der Waals surface area contributed by atoms with Gasteiger partial charge in [0.1, 0.15) is 5.54 Å². The fraction of sp³-hybridized carbons (Fsp3) is 0.938. The smallest absolute Gasteiger partial charge is 0.326 e. The first-order chi connectivity index (χ1) is 10.2. The van der Waals surface area contributed by atoms with Gasteiger partial charge in [-0.15, -0.1) is 0 Å². The molecule has 1 heterocycles. The van der Waals surface area contributed by atoms with Gasteiger partial charge in [-0.3, -0.25) is 15.0 Å². The zero-order chi connectivity index (χ0) is 14.9. The maximum Gasteiger partial charge on any atom is 0.326 e. The second-order valence-corrected chi connectivity index (χ2v) is 6.78. The summed E-state index contributed by atoms with van der Waals surface area (Å²) in [7, 11) is 1.51. The van der Waals surface area contributed by atoms with Crippen molar-refractivity contribution in [3.63, 3.8) is 0 Å². The number of ether oxygens (including phenoxy) is 2. The Kier molecular flexibility index (Phi) is 4.52. The third kappa shape index (κ3) is 3.25. The van der Waals surface area contributed by atoms with Crippen molar-refractivity contribution in [2.24, 2.45) is 0 Å². The van der Waals surface area contributed by atoms with E-state index in [1.54, 1.807) is 0 Å². The van der Waals surface area contributed by atoms with Crippen molar-refractivity contribution < 1.29 is 14.3 Å². The SMILES string of the molecule is CCC1CN(C2CCC(NC3CC3)(C(=O)OC)C2)CCO1. The molecule has 1 saturated heterocycles. The minimum atomic E-state index is -0.444. The number of nitrogens with one attached hydrogen (secondary N) is 1. The number of carbonyl (C=O) groups is 1. The Balaban J connectivity index is 1.65. The second kappa shape index (κ2) is 6.23. The summed E-state index contributed by atoms with van der Waals surface area (Å²) >= 11 is 0. The molecule has 2 aliphatic carbocycles. The van der Waals surface area contributed by atoms with E-state index >= 15 is 0 Å². The lowest BCUT2D eigenvalue weighted by molar-refractivity contribution is -0.148. The summed E-state index contributed by atoms with van der Waals surface area (Å²) in [5, 5.41) is 3.58. The van der Waals surface area contributed by atoms with Gasteiger partial charge >= 0.3 is 5.97 Å². The van der Waals surface area contributed by atoms with Crippen LogP contribution >= 0.6 is 0 Å². The van der Waals surface area contributed by atoms with Crippen LogP contribution in [-0.2, 0) is 14.3 Å². The van der Waals surface area contributed by atoms with E-state index in [4.69, 9.17) is 9.47 Å². The molecule has 0 bridgehead atoms. The molecular weight excluding hydrogens is 268 g/mol. The normalized spacial score (nSPS) is 37.6. The van der Waals surface area contributed by atoms with Gasteiger partial charge in [-0.25, -0.2) is 0 Å². The van der Waals surface area contributed by atoms with Crippen LogP contribution in [0.4, 0.5) is 0 Å². The Morgan fingerprint density at radius 2 is 2.24 bits per heavy atom. The van der Waals surface area contributed by atoms with E-state index in [1.165, 1.54) is 20.0 Å². The van der Waals surface area contributed by atoms with Crippen LogP contribution in [0.5, 0.6) is 0 Å². The Hall–Kier alpha value is -0.650. The fourth-order valence-corrected chi connectivity index (χ4v) is 3.84. The highest BCUT2D eigenvalue weighted by atomic mass is 16.5. The molecule has 120 valence electrons. The largest absolute Gasteiger partial charge is 0.468 e. The summed E-state index contributed by atoms with van der Waals surface area (Å²) in [5.74, 6) is -0.0720. The topological polar surface area (TPSA) is 50.8 Å². The summed E-state index contributed by atoms with van der Waals surface area (Å²) in [4.78, 5) is 14.8. The van der Waals surface area contributed by atoms with Gasteiger partial charge < -0.3 is 9.47 Å². The molecule has 3 atom stereocenters. The van der Waals surface area contributed by atoms with Gasteiger partial charge in [0.15, 0.2) is 0 Å². The molecule has 1 aliphatic heterocycles. The van der Waals surface area contributed by atoms with E-state index in [2.05, 4.69) is 17.1 Å². The van der Waals surface area contributed by atoms with Crippen molar-refractivity contribution in [1.29, 1.82) is 0 Å². The van der Waals surface area contributed by atoms with E-state index in [0.717, 1.165) is 45.4 Å². The summed E-state index contributed by atoms with van der Waals surface area (Å²) in [5.41, 5.74) is -0.444. The van der Waals surface area contributed by atoms with Crippen LogP contribution in [0, 0.1) is 0 Å². The molecule has 3 fully saturated rings. The van der Waals surface area contributed by atoms with Crippen molar-refractivity contribution in [3.05, 3.63) is 0 Å². The second-order valence-electron chi connectivity index (χ2n) is 6.78. The van der Waals surface area contributed by atoms with Crippen molar-refractivity contribution in [2.45, 2.75) is 69.2 Å². The van der Waals surface area contributed by atoms with E-state index in [9.17, 15) is 4.79 Å². The summed E-state index contributed by atoms with van der Waals surface area (Å²) < 4.78 is 10.9. The number of nitrogens with zero attached hydrogens (tertiary/aromatic N) is 1. The van der Waals surface area contributed by atoms with Crippen molar-refractivity contribution in [3.8, 4) is 0 Å². The lowest BCUT2D eigenvalue weighted by Gasteiger charge is -2.37. The van der Waals surface area contributed by atoms with Crippen LogP contribution in [-0.4, -0.2) is 61.4 Å². The first kappa shape index (κ1) is 15.3. The maximum atomic E-state index is 12.3. The molecule has 0 aromatic heterocycles. The predicted octanol–water partition coefficient (Wildman–Crippen LogP) is 1.31. The van der Waals surface area contributed by atoms with E-state index in [0.29, 0.717) is 18.2 Å². The highest BCUT2D eigenvalue weighted by Crippen LogP contribution is 2.37. The van der Waals surface area contributed by atoms with Gasteiger partial charge in [-0.1, -0.05) is 6.92 Å². The lowest BCUT2D eigenvalue weighted by Crippen LogP contribution is -2.54. The van der Waals surface area contributed by atoms with Crippen LogP contribution in [0.2, 0.25) is 0 Å². The Morgan fingerprint density at radius 3 is 2.90 bits per heavy atom. The highest BCUT2D eigenvalue weighted by Gasteiger charge is 2.50. The number of methoxy groups -OCH3 is 1. The van der Waals surface area contributed by atoms with E-state index < -0.39 is 5.54 Å². The molecule has 0 amide bonds. The van der Waals surface area contributed by atoms with Crippen LogP contribution < -0.4 is 5.32 Å². The summed E-state index contributed by atoms with van der Waals surface area (Å²) in [6.45, 7) is 4.98.